The van der Waals surface area contributed by atoms with Gasteiger partial charge in [-0.15, -0.1) is 0 Å². The number of para-hydroxylation sites is 1. The molecule has 6 rings (SSSR count). The van der Waals surface area contributed by atoms with Gasteiger partial charge in [0.2, 0.25) is 0 Å². The lowest BCUT2D eigenvalue weighted by Crippen LogP contribution is -2.49. The zero-order valence-electron chi connectivity index (χ0n) is 12.7. The van der Waals surface area contributed by atoms with Gasteiger partial charge in [-0.05, 0) is 68.4 Å². The molecular weight excluding hydrogens is 310 g/mol. The van der Waals surface area contributed by atoms with Gasteiger partial charge in [-0.25, -0.2) is 0 Å². The largest absolute Gasteiger partial charge is 0.610 e. The summed E-state index contributed by atoms with van der Waals surface area (Å²) in [6, 6.07) is 8.15. The molecule has 0 radical (unpaired) electrons. The van der Waals surface area contributed by atoms with Crippen molar-refractivity contribution in [2.75, 3.05) is 5.75 Å². The van der Waals surface area contributed by atoms with Gasteiger partial charge in [-0.1, -0.05) is 23.5 Å². The summed E-state index contributed by atoms with van der Waals surface area (Å²) in [6.45, 7) is 0. The van der Waals surface area contributed by atoms with Crippen molar-refractivity contribution in [3.8, 4) is 0 Å². The van der Waals surface area contributed by atoms with Gasteiger partial charge < -0.3 is 4.55 Å². The van der Waals surface area contributed by atoms with E-state index in [1.807, 2.05) is 18.2 Å². The summed E-state index contributed by atoms with van der Waals surface area (Å²) in [6.07, 6.45) is 8.34. The first-order valence-corrected chi connectivity index (χ1v) is 10.6. The number of aromatic nitrogens is 1. The Bertz CT molecular complexity index is 642. The maximum Gasteiger partial charge on any atom is 0.302 e. The number of fused-ring (bicyclic) bond motifs is 1. The van der Waals surface area contributed by atoms with E-state index in [1.165, 1.54) is 38.5 Å². The van der Waals surface area contributed by atoms with E-state index in [4.69, 9.17) is 0 Å². The van der Waals surface area contributed by atoms with E-state index in [9.17, 15) is 4.55 Å². The van der Waals surface area contributed by atoms with Gasteiger partial charge in [0, 0.05) is 16.6 Å². The lowest BCUT2D eigenvalue weighted by Gasteiger charge is -2.56. The van der Waals surface area contributed by atoms with Crippen LogP contribution in [0, 0.1) is 23.2 Å². The predicted molar refractivity (Wildman–Crippen MR) is 91.5 cm³/mol. The van der Waals surface area contributed by atoms with E-state index in [0.29, 0.717) is 5.41 Å². The SMILES string of the molecule is [O-][S+](CC12CC3CC(CC(C3)C1)C2)c1nc2ccccc2s1. The summed E-state index contributed by atoms with van der Waals surface area (Å²) in [5.74, 6) is 3.65. The van der Waals surface area contributed by atoms with Gasteiger partial charge in [-0.3, -0.25) is 0 Å². The standard InChI is InChI=1S/C18H21NOS2/c20-22(17-19-15-3-1-2-4-16(15)21-17)11-18-8-12-5-13(9-18)7-14(6-12)10-18/h1-4,12-14H,5-11H2. The minimum absolute atomic E-state index is 0.372. The van der Waals surface area contributed by atoms with Crippen LogP contribution in [0.25, 0.3) is 10.2 Å². The molecule has 1 aromatic heterocycles. The molecule has 0 amide bonds. The van der Waals surface area contributed by atoms with E-state index < -0.39 is 11.2 Å². The molecule has 4 fully saturated rings. The molecule has 4 aliphatic carbocycles. The van der Waals surface area contributed by atoms with Crippen molar-refractivity contribution in [2.24, 2.45) is 23.2 Å². The highest BCUT2D eigenvalue weighted by molar-refractivity contribution is 7.93. The van der Waals surface area contributed by atoms with Crippen LogP contribution in [-0.4, -0.2) is 15.3 Å². The van der Waals surface area contributed by atoms with Crippen LogP contribution in [-0.2, 0) is 11.2 Å². The molecule has 0 N–H and O–H groups in total. The summed E-state index contributed by atoms with van der Waals surface area (Å²) in [5, 5.41) is 0. The predicted octanol–water partition coefficient (Wildman–Crippen LogP) is 4.62. The normalized spacial score (nSPS) is 37.8. The summed E-state index contributed by atoms with van der Waals surface area (Å²) in [7, 11) is 0. The second-order valence-electron chi connectivity index (χ2n) is 7.85. The van der Waals surface area contributed by atoms with Crippen molar-refractivity contribution in [3.05, 3.63) is 24.3 Å². The monoisotopic (exact) mass is 331 g/mol. The van der Waals surface area contributed by atoms with Crippen LogP contribution in [0.2, 0.25) is 0 Å². The number of thiazole rings is 1. The lowest BCUT2D eigenvalue weighted by atomic mass is 9.50. The van der Waals surface area contributed by atoms with Gasteiger partial charge in [0.25, 0.3) is 0 Å². The summed E-state index contributed by atoms with van der Waals surface area (Å²) in [4.78, 5) is 4.63. The van der Waals surface area contributed by atoms with Crippen LogP contribution in [0.15, 0.2) is 28.6 Å². The summed E-state index contributed by atoms with van der Waals surface area (Å²) < 4.78 is 15.0. The topological polar surface area (TPSA) is 36.0 Å². The minimum Gasteiger partial charge on any atom is -0.610 e. The highest BCUT2D eigenvalue weighted by atomic mass is 32.2. The van der Waals surface area contributed by atoms with Crippen LogP contribution < -0.4 is 0 Å². The average molecular weight is 332 g/mol. The van der Waals surface area contributed by atoms with E-state index >= 15 is 0 Å². The van der Waals surface area contributed by atoms with Crippen molar-refractivity contribution in [2.45, 2.75) is 42.9 Å². The van der Waals surface area contributed by atoms with Crippen LogP contribution in [0.4, 0.5) is 0 Å². The van der Waals surface area contributed by atoms with E-state index in [-0.39, 0.29) is 0 Å². The molecule has 1 unspecified atom stereocenters. The second-order valence-corrected chi connectivity index (χ2v) is 10.5. The number of hydrogen-bond donors (Lipinski definition) is 0. The zero-order valence-corrected chi connectivity index (χ0v) is 14.3. The Kier molecular flexibility index (Phi) is 3.11. The molecule has 4 saturated carbocycles. The minimum atomic E-state index is -0.921. The molecule has 0 aliphatic heterocycles. The molecule has 4 heteroatoms. The van der Waals surface area contributed by atoms with Crippen LogP contribution in [0.1, 0.15) is 38.5 Å². The molecular formula is C18H21NOS2. The van der Waals surface area contributed by atoms with Crippen molar-refractivity contribution in [3.63, 3.8) is 0 Å². The Morgan fingerprint density at radius 3 is 2.36 bits per heavy atom. The third-order valence-electron chi connectivity index (χ3n) is 6.07. The van der Waals surface area contributed by atoms with Gasteiger partial charge in [0.15, 0.2) is 0 Å². The molecule has 4 aliphatic rings. The molecule has 116 valence electrons. The quantitative estimate of drug-likeness (QED) is 0.769. The second kappa shape index (κ2) is 4.96. The number of rotatable bonds is 3. The van der Waals surface area contributed by atoms with Gasteiger partial charge >= 0.3 is 4.34 Å². The third kappa shape index (κ3) is 2.22. The van der Waals surface area contributed by atoms with Crippen LogP contribution in [0.5, 0.6) is 0 Å². The lowest BCUT2D eigenvalue weighted by molar-refractivity contribution is -0.0390. The van der Waals surface area contributed by atoms with Crippen molar-refractivity contribution < 1.29 is 4.55 Å². The number of benzene rings is 1. The fourth-order valence-corrected chi connectivity index (χ4v) is 8.50. The Hall–Kier alpha value is -0.580. The molecule has 2 nitrogen and oxygen atoms in total. The number of nitrogens with zero attached hydrogens (tertiary/aromatic N) is 1. The molecule has 1 aromatic carbocycles. The van der Waals surface area contributed by atoms with Crippen LogP contribution >= 0.6 is 11.3 Å². The molecule has 2 aromatic rings. The van der Waals surface area contributed by atoms with Gasteiger partial charge in [-0.2, -0.15) is 4.98 Å². The van der Waals surface area contributed by atoms with Crippen molar-refractivity contribution in [1.82, 2.24) is 4.98 Å². The Labute approximate surface area is 138 Å². The molecule has 1 atom stereocenters. The first-order valence-electron chi connectivity index (χ1n) is 8.43. The average Bonchev–Trinajstić information content (AvgIpc) is 2.89. The fourth-order valence-electron chi connectivity index (χ4n) is 5.76. The maximum absolute atomic E-state index is 13.0. The van der Waals surface area contributed by atoms with E-state index in [1.54, 1.807) is 11.3 Å². The number of hydrogen-bond acceptors (Lipinski definition) is 3. The maximum atomic E-state index is 13.0. The van der Waals surface area contributed by atoms with Crippen molar-refractivity contribution in [1.29, 1.82) is 0 Å². The summed E-state index contributed by atoms with van der Waals surface area (Å²) >= 11 is 0.702. The highest BCUT2D eigenvalue weighted by Gasteiger charge is 2.53. The van der Waals surface area contributed by atoms with E-state index in [2.05, 4.69) is 11.1 Å². The summed E-state index contributed by atoms with van der Waals surface area (Å²) in [5.41, 5.74) is 1.37. The zero-order chi connectivity index (χ0) is 14.7. The molecule has 4 bridgehead atoms. The Morgan fingerprint density at radius 1 is 1.09 bits per heavy atom. The fraction of sp³-hybridized carbons (Fsp3) is 0.611. The van der Waals surface area contributed by atoms with Gasteiger partial charge in [0.1, 0.15) is 5.75 Å². The van der Waals surface area contributed by atoms with Crippen LogP contribution in [0.3, 0.4) is 0 Å². The van der Waals surface area contributed by atoms with Crippen molar-refractivity contribution >= 4 is 32.7 Å². The van der Waals surface area contributed by atoms with Gasteiger partial charge in [0.05, 0.1) is 10.2 Å². The smallest absolute Gasteiger partial charge is 0.302 e. The van der Waals surface area contributed by atoms with E-state index in [0.717, 1.165) is 38.1 Å². The molecule has 0 saturated heterocycles. The molecule has 0 spiro atoms. The first kappa shape index (κ1) is 13.8. The first-order chi connectivity index (χ1) is 10.7. The molecule has 1 heterocycles. The highest BCUT2D eigenvalue weighted by Crippen LogP contribution is 2.60. The Morgan fingerprint density at radius 2 is 1.73 bits per heavy atom. The molecule has 22 heavy (non-hydrogen) atoms. The third-order valence-corrected chi connectivity index (χ3v) is 9.07. The Balaban J connectivity index is 1.41.